The molecule has 0 unspecified atom stereocenters. The molecule has 2 saturated heterocycles. The molecular formula is C22H30O12. The Morgan fingerprint density at radius 1 is 1.06 bits per heavy atom. The van der Waals surface area contributed by atoms with Crippen LogP contribution in [0.3, 0.4) is 0 Å². The van der Waals surface area contributed by atoms with Crippen molar-refractivity contribution >= 4 is 5.97 Å². The van der Waals surface area contributed by atoms with Crippen molar-refractivity contribution < 1.29 is 59.5 Å². The van der Waals surface area contributed by atoms with Crippen LogP contribution < -0.4 is 0 Å². The van der Waals surface area contributed by atoms with Gasteiger partial charge in [-0.1, -0.05) is 0 Å². The molecule has 0 amide bonds. The van der Waals surface area contributed by atoms with Gasteiger partial charge in [-0.3, -0.25) is 0 Å². The van der Waals surface area contributed by atoms with Crippen molar-refractivity contribution in [2.24, 2.45) is 11.8 Å². The van der Waals surface area contributed by atoms with Crippen molar-refractivity contribution in [1.82, 2.24) is 0 Å². The lowest BCUT2D eigenvalue weighted by Gasteiger charge is -2.45. The Bertz CT molecular complexity index is 847. The first kappa shape index (κ1) is 25.2. The number of esters is 1. The van der Waals surface area contributed by atoms with Gasteiger partial charge >= 0.3 is 5.97 Å². The Labute approximate surface area is 194 Å². The Morgan fingerprint density at radius 3 is 2.41 bits per heavy atom. The molecule has 190 valence electrons. The molecule has 2 heterocycles. The number of phenols is 1. The summed E-state index contributed by atoms with van der Waals surface area (Å²) < 4.78 is 22.4. The van der Waals surface area contributed by atoms with Crippen LogP contribution >= 0.6 is 0 Å². The average molecular weight is 486 g/mol. The van der Waals surface area contributed by atoms with Gasteiger partial charge in [0.2, 0.25) is 0 Å². The fraction of sp³-hybridized carbons (Fsp3) is 0.682. The van der Waals surface area contributed by atoms with E-state index in [2.05, 4.69) is 0 Å². The molecule has 3 fully saturated rings. The van der Waals surface area contributed by atoms with E-state index in [9.17, 15) is 40.5 Å². The minimum Gasteiger partial charge on any atom is -0.508 e. The smallest absolute Gasteiger partial charge is 0.338 e. The molecule has 0 radical (unpaired) electrons. The molecular weight excluding hydrogens is 456 g/mol. The first-order valence-electron chi connectivity index (χ1n) is 11.1. The van der Waals surface area contributed by atoms with Gasteiger partial charge < -0.3 is 54.7 Å². The van der Waals surface area contributed by atoms with E-state index in [1.807, 2.05) is 0 Å². The Balaban J connectivity index is 1.51. The summed E-state index contributed by atoms with van der Waals surface area (Å²) in [5.41, 5.74) is -1.54. The zero-order valence-electron chi connectivity index (χ0n) is 18.2. The fourth-order valence-electron chi connectivity index (χ4n) is 5.05. The lowest BCUT2D eigenvalue weighted by molar-refractivity contribution is -0.358. The third-order valence-corrected chi connectivity index (χ3v) is 6.89. The van der Waals surface area contributed by atoms with Crippen LogP contribution in [0.25, 0.3) is 0 Å². The topological polar surface area (TPSA) is 196 Å². The molecule has 12 nitrogen and oxygen atoms in total. The van der Waals surface area contributed by atoms with Crippen molar-refractivity contribution in [2.45, 2.75) is 61.5 Å². The number of aromatic hydroxyl groups is 1. The number of fused-ring (bicyclic) bond motifs is 1. The van der Waals surface area contributed by atoms with Crippen molar-refractivity contribution in [1.29, 1.82) is 0 Å². The van der Waals surface area contributed by atoms with E-state index in [1.54, 1.807) is 0 Å². The second-order valence-corrected chi connectivity index (χ2v) is 9.01. The van der Waals surface area contributed by atoms with E-state index in [4.69, 9.17) is 18.9 Å². The van der Waals surface area contributed by atoms with Gasteiger partial charge in [0.25, 0.3) is 0 Å². The van der Waals surface area contributed by atoms with E-state index >= 15 is 0 Å². The maximum absolute atomic E-state index is 12.6. The average Bonchev–Trinajstić information content (AvgIpc) is 3.12. The van der Waals surface area contributed by atoms with Crippen LogP contribution in [0.2, 0.25) is 0 Å². The van der Waals surface area contributed by atoms with Gasteiger partial charge in [0, 0.05) is 18.3 Å². The van der Waals surface area contributed by atoms with Gasteiger partial charge in [-0.15, -0.1) is 0 Å². The van der Waals surface area contributed by atoms with E-state index in [0.717, 1.165) is 0 Å². The summed E-state index contributed by atoms with van der Waals surface area (Å²) >= 11 is 0. The maximum atomic E-state index is 12.6. The molecule has 0 aromatic heterocycles. The van der Waals surface area contributed by atoms with Crippen molar-refractivity contribution in [3.05, 3.63) is 29.8 Å². The highest BCUT2D eigenvalue weighted by molar-refractivity contribution is 5.89. The summed E-state index contributed by atoms with van der Waals surface area (Å²) in [7, 11) is 0. The molecule has 1 aromatic carbocycles. The third-order valence-electron chi connectivity index (χ3n) is 6.89. The van der Waals surface area contributed by atoms with Crippen molar-refractivity contribution in [3.63, 3.8) is 0 Å². The minimum atomic E-state index is -1.75. The van der Waals surface area contributed by atoms with Gasteiger partial charge in [0.05, 0.1) is 31.0 Å². The second-order valence-electron chi connectivity index (χ2n) is 9.01. The lowest BCUT2D eigenvalue weighted by Crippen LogP contribution is -2.61. The largest absolute Gasteiger partial charge is 0.508 e. The summed E-state index contributed by atoms with van der Waals surface area (Å²) in [5, 5.41) is 70.2. The molecule has 34 heavy (non-hydrogen) atoms. The quantitative estimate of drug-likeness (QED) is 0.216. The summed E-state index contributed by atoms with van der Waals surface area (Å²) in [6, 6.07) is 5.49. The maximum Gasteiger partial charge on any atom is 0.338 e. The highest BCUT2D eigenvalue weighted by atomic mass is 16.8. The molecule has 0 bridgehead atoms. The number of benzene rings is 1. The molecule has 3 aliphatic rings. The van der Waals surface area contributed by atoms with Crippen LogP contribution in [0.4, 0.5) is 0 Å². The predicted molar refractivity (Wildman–Crippen MR) is 110 cm³/mol. The SMILES string of the molecule is O=C(O[C@@H]1C[C@@](O)(CO)[C@H]2[C@H](O[C@@H]3O[C@H](CO)[C@@H](O)[C@H](O)[C@H]3O)OCC[C@H]21)c1ccc(O)cc1. The number of carbonyl (C=O) groups excluding carboxylic acids is 1. The summed E-state index contributed by atoms with van der Waals surface area (Å²) in [5.74, 6) is -2.02. The zero-order valence-corrected chi connectivity index (χ0v) is 18.2. The number of hydrogen-bond donors (Lipinski definition) is 7. The molecule has 0 spiro atoms. The number of carbonyl (C=O) groups is 1. The van der Waals surface area contributed by atoms with Gasteiger partial charge in [-0.25, -0.2) is 4.79 Å². The van der Waals surface area contributed by atoms with Crippen LogP contribution in [0.1, 0.15) is 23.2 Å². The first-order valence-corrected chi connectivity index (χ1v) is 11.1. The van der Waals surface area contributed by atoms with Crippen LogP contribution in [0.5, 0.6) is 5.75 Å². The number of aliphatic hydroxyl groups is 6. The van der Waals surface area contributed by atoms with Gasteiger partial charge in [-0.2, -0.15) is 0 Å². The van der Waals surface area contributed by atoms with Gasteiger partial charge in [0.15, 0.2) is 12.6 Å². The van der Waals surface area contributed by atoms with E-state index in [-0.39, 0.29) is 24.3 Å². The summed E-state index contributed by atoms with van der Waals surface area (Å²) in [6.07, 6.45) is -9.30. The zero-order chi connectivity index (χ0) is 24.6. The van der Waals surface area contributed by atoms with Crippen LogP contribution in [-0.2, 0) is 18.9 Å². The van der Waals surface area contributed by atoms with E-state index < -0.39 is 79.7 Å². The standard InChI is InChI=1S/C22H30O12/c23-8-14-16(26)17(27)18(28)21(33-14)34-20-15-12(5-6-31-20)13(7-22(15,30)9-24)32-19(29)10-1-3-11(25)4-2-10/h1-4,12-18,20-21,23-28,30H,5-9H2/t12-,13+,14+,15+,16+,17-,18+,20-,21-,22+/m0/s1. The Hall–Kier alpha value is -1.87. The molecule has 7 N–H and O–H groups in total. The first-order chi connectivity index (χ1) is 16.2. The van der Waals surface area contributed by atoms with E-state index in [0.29, 0.717) is 6.42 Å². The Kier molecular flexibility index (Phi) is 7.43. The molecule has 1 aliphatic carbocycles. The van der Waals surface area contributed by atoms with Crippen LogP contribution in [0, 0.1) is 11.8 Å². The molecule has 10 atom stereocenters. The normalized spacial score (nSPS) is 42.2. The number of aliphatic hydroxyl groups excluding tert-OH is 5. The number of rotatable bonds is 6. The van der Waals surface area contributed by atoms with Crippen LogP contribution in [-0.4, -0.2) is 110 Å². The van der Waals surface area contributed by atoms with Gasteiger partial charge in [0.1, 0.15) is 36.3 Å². The molecule has 1 aromatic rings. The summed E-state index contributed by atoms with van der Waals surface area (Å²) in [6.45, 7) is -1.17. The molecule has 1 saturated carbocycles. The monoisotopic (exact) mass is 486 g/mol. The van der Waals surface area contributed by atoms with Crippen LogP contribution in [0.15, 0.2) is 24.3 Å². The highest BCUT2D eigenvalue weighted by Crippen LogP contribution is 2.49. The van der Waals surface area contributed by atoms with Crippen molar-refractivity contribution in [2.75, 3.05) is 19.8 Å². The third kappa shape index (κ3) is 4.65. The number of ether oxygens (including phenoxy) is 4. The lowest BCUT2D eigenvalue weighted by atomic mass is 9.82. The second kappa shape index (κ2) is 10.0. The summed E-state index contributed by atoms with van der Waals surface area (Å²) in [4.78, 5) is 12.6. The molecule has 12 heteroatoms. The highest BCUT2D eigenvalue weighted by Gasteiger charge is 2.60. The minimum absolute atomic E-state index is 0.00949. The number of hydrogen-bond acceptors (Lipinski definition) is 12. The molecule has 4 rings (SSSR count). The van der Waals surface area contributed by atoms with E-state index in [1.165, 1.54) is 24.3 Å². The molecule has 2 aliphatic heterocycles. The fourth-order valence-corrected chi connectivity index (χ4v) is 5.05. The number of phenolic OH excluding ortho intramolecular Hbond substituents is 1. The Morgan fingerprint density at radius 2 is 1.76 bits per heavy atom. The predicted octanol–water partition coefficient (Wildman–Crippen LogP) is -2.16. The van der Waals surface area contributed by atoms with Gasteiger partial charge in [-0.05, 0) is 30.7 Å². The van der Waals surface area contributed by atoms with Crippen molar-refractivity contribution in [3.8, 4) is 5.75 Å².